The lowest BCUT2D eigenvalue weighted by molar-refractivity contribution is -0.0452. The Bertz CT molecular complexity index is 410. The summed E-state index contributed by atoms with van der Waals surface area (Å²) < 4.78 is 6.96. The highest BCUT2D eigenvalue weighted by Crippen LogP contribution is 2.26. The Balaban J connectivity index is 1.61. The first-order valence-corrected chi connectivity index (χ1v) is 8.69. The zero-order valence-corrected chi connectivity index (χ0v) is 14.3. The minimum Gasteiger partial charge on any atom is -0.389 e. The Morgan fingerprint density at radius 2 is 2.00 bits per heavy atom. The van der Waals surface area contributed by atoms with Gasteiger partial charge in [-0.1, -0.05) is 47.8 Å². The Hall–Kier alpha value is -0.420. The SMILES string of the molecule is CC1CCCCC1OCC(O)CNCc1ccc(Br)cc1. The van der Waals surface area contributed by atoms with Gasteiger partial charge in [-0.05, 0) is 36.5 Å². The van der Waals surface area contributed by atoms with E-state index in [9.17, 15) is 5.11 Å². The molecular formula is C17H26BrNO2. The van der Waals surface area contributed by atoms with Crippen LogP contribution in [0.2, 0.25) is 0 Å². The minimum atomic E-state index is -0.436. The third kappa shape index (κ3) is 6.07. The van der Waals surface area contributed by atoms with Gasteiger partial charge in [-0.3, -0.25) is 0 Å². The largest absolute Gasteiger partial charge is 0.389 e. The van der Waals surface area contributed by atoms with Crippen molar-refractivity contribution in [2.75, 3.05) is 13.2 Å². The summed E-state index contributed by atoms with van der Waals surface area (Å²) in [5.74, 6) is 0.627. The van der Waals surface area contributed by atoms with E-state index in [1.54, 1.807) is 0 Å². The molecule has 3 nitrogen and oxygen atoms in total. The quantitative estimate of drug-likeness (QED) is 0.786. The van der Waals surface area contributed by atoms with Crippen LogP contribution >= 0.6 is 15.9 Å². The molecule has 0 aromatic heterocycles. The zero-order chi connectivity index (χ0) is 15.1. The van der Waals surface area contributed by atoms with Crippen LogP contribution in [-0.4, -0.2) is 30.5 Å². The average molecular weight is 356 g/mol. The lowest BCUT2D eigenvalue weighted by Gasteiger charge is -2.29. The van der Waals surface area contributed by atoms with Gasteiger partial charge in [0, 0.05) is 17.6 Å². The lowest BCUT2D eigenvalue weighted by atomic mass is 9.88. The third-order valence-electron chi connectivity index (χ3n) is 4.16. The molecule has 0 spiro atoms. The third-order valence-corrected chi connectivity index (χ3v) is 4.69. The lowest BCUT2D eigenvalue weighted by Crippen LogP contribution is -2.34. The van der Waals surface area contributed by atoms with Crippen LogP contribution in [0, 0.1) is 5.92 Å². The Kier molecular flexibility index (Phi) is 7.17. The van der Waals surface area contributed by atoms with Crippen molar-refractivity contribution in [3.8, 4) is 0 Å². The van der Waals surface area contributed by atoms with Crippen molar-refractivity contribution < 1.29 is 9.84 Å². The number of nitrogens with one attached hydrogen (secondary N) is 1. The molecule has 1 aromatic rings. The van der Waals surface area contributed by atoms with Gasteiger partial charge in [0.25, 0.3) is 0 Å². The number of halogens is 1. The van der Waals surface area contributed by atoms with E-state index in [0.29, 0.717) is 25.2 Å². The van der Waals surface area contributed by atoms with Crippen LogP contribution < -0.4 is 5.32 Å². The van der Waals surface area contributed by atoms with E-state index in [4.69, 9.17) is 4.74 Å². The van der Waals surface area contributed by atoms with Crippen molar-refractivity contribution in [3.05, 3.63) is 34.3 Å². The molecule has 21 heavy (non-hydrogen) atoms. The number of hydrogen-bond donors (Lipinski definition) is 2. The van der Waals surface area contributed by atoms with Crippen molar-refractivity contribution in [2.45, 2.75) is 51.4 Å². The van der Waals surface area contributed by atoms with Crippen molar-refractivity contribution in [1.82, 2.24) is 5.32 Å². The fourth-order valence-electron chi connectivity index (χ4n) is 2.81. The minimum absolute atomic E-state index is 0.333. The van der Waals surface area contributed by atoms with Gasteiger partial charge >= 0.3 is 0 Å². The first kappa shape index (κ1) is 16.9. The summed E-state index contributed by atoms with van der Waals surface area (Å²) in [6.45, 7) is 4.02. The molecule has 3 unspecified atom stereocenters. The van der Waals surface area contributed by atoms with Gasteiger partial charge in [-0.25, -0.2) is 0 Å². The number of aliphatic hydroxyl groups is 1. The smallest absolute Gasteiger partial charge is 0.0897 e. The van der Waals surface area contributed by atoms with Crippen LogP contribution in [0.3, 0.4) is 0 Å². The van der Waals surface area contributed by atoms with E-state index in [1.165, 1.54) is 24.8 Å². The van der Waals surface area contributed by atoms with Gasteiger partial charge in [0.15, 0.2) is 0 Å². The first-order chi connectivity index (χ1) is 10.1. The molecule has 2 N–H and O–H groups in total. The molecule has 1 aliphatic rings. The molecule has 0 amide bonds. The second kappa shape index (κ2) is 8.89. The van der Waals surface area contributed by atoms with Gasteiger partial charge in [0.2, 0.25) is 0 Å². The van der Waals surface area contributed by atoms with Gasteiger partial charge in [0.1, 0.15) is 0 Å². The van der Waals surface area contributed by atoms with E-state index in [-0.39, 0.29) is 0 Å². The zero-order valence-electron chi connectivity index (χ0n) is 12.7. The van der Waals surface area contributed by atoms with Crippen LogP contribution in [0.4, 0.5) is 0 Å². The predicted molar refractivity (Wildman–Crippen MR) is 89.2 cm³/mol. The molecule has 0 saturated heterocycles. The summed E-state index contributed by atoms with van der Waals surface area (Å²) in [6, 6.07) is 8.20. The summed E-state index contributed by atoms with van der Waals surface area (Å²) in [7, 11) is 0. The maximum absolute atomic E-state index is 9.99. The van der Waals surface area contributed by atoms with E-state index < -0.39 is 6.10 Å². The Labute approximate surface area is 136 Å². The summed E-state index contributed by atoms with van der Waals surface area (Å²) >= 11 is 3.42. The van der Waals surface area contributed by atoms with Crippen LogP contribution in [0.5, 0.6) is 0 Å². The molecule has 2 rings (SSSR count). The molecule has 3 atom stereocenters. The summed E-state index contributed by atoms with van der Waals surface area (Å²) in [6.07, 6.45) is 4.86. The molecule has 0 heterocycles. The fourth-order valence-corrected chi connectivity index (χ4v) is 3.07. The van der Waals surface area contributed by atoms with E-state index >= 15 is 0 Å². The Morgan fingerprint density at radius 3 is 2.71 bits per heavy atom. The monoisotopic (exact) mass is 355 g/mol. The molecule has 1 aromatic carbocycles. The maximum atomic E-state index is 9.99. The molecule has 1 aliphatic carbocycles. The molecule has 0 radical (unpaired) electrons. The normalized spacial score (nSPS) is 24.0. The summed E-state index contributed by atoms with van der Waals surface area (Å²) in [5.41, 5.74) is 1.22. The number of benzene rings is 1. The summed E-state index contributed by atoms with van der Waals surface area (Å²) in [5, 5.41) is 13.3. The van der Waals surface area contributed by atoms with Crippen LogP contribution in [0.25, 0.3) is 0 Å². The molecule has 118 valence electrons. The number of hydrogen-bond acceptors (Lipinski definition) is 3. The molecule has 1 fully saturated rings. The highest BCUT2D eigenvalue weighted by atomic mass is 79.9. The van der Waals surface area contributed by atoms with Crippen molar-refractivity contribution in [3.63, 3.8) is 0 Å². The number of aliphatic hydroxyl groups excluding tert-OH is 1. The standard InChI is InChI=1S/C17H26BrNO2/c1-13-4-2-3-5-17(13)21-12-16(20)11-19-10-14-6-8-15(18)9-7-14/h6-9,13,16-17,19-20H,2-5,10-12H2,1H3. The topological polar surface area (TPSA) is 41.5 Å². The van der Waals surface area contributed by atoms with Crippen LogP contribution in [0.1, 0.15) is 38.2 Å². The Morgan fingerprint density at radius 1 is 1.29 bits per heavy atom. The van der Waals surface area contributed by atoms with E-state index in [0.717, 1.165) is 17.4 Å². The van der Waals surface area contributed by atoms with Crippen molar-refractivity contribution >= 4 is 15.9 Å². The van der Waals surface area contributed by atoms with Gasteiger partial charge in [0.05, 0.1) is 18.8 Å². The molecular weight excluding hydrogens is 330 g/mol. The molecule has 1 saturated carbocycles. The summed E-state index contributed by atoms with van der Waals surface area (Å²) in [4.78, 5) is 0. The number of rotatable bonds is 7. The molecule has 0 bridgehead atoms. The van der Waals surface area contributed by atoms with Gasteiger partial charge < -0.3 is 15.2 Å². The fraction of sp³-hybridized carbons (Fsp3) is 0.647. The highest BCUT2D eigenvalue weighted by molar-refractivity contribution is 9.10. The highest BCUT2D eigenvalue weighted by Gasteiger charge is 2.22. The van der Waals surface area contributed by atoms with Gasteiger partial charge in [-0.15, -0.1) is 0 Å². The van der Waals surface area contributed by atoms with Crippen molar-refractivity contribution in [1.29, 1.82) is 0 Å². The van der Waals surface area contributed by atoms with Gasteiger partial charge in [-0.2, -0.15) is 0 Å². The van der Waals surface area contributed by atoms with Crippen LogP contribution in [-0.2, 0) is 11.3 Å². The van der Waals surface area contributed by atoms with Crippen LogP contribution in [0.15, 0.2) is 28.7 Å². The van der Waals surface area contributed by atoms with E-state index in [1.807, 2.05) is 12.1 Å². The number of ether oxygens (including phenoxy) is 1. The van der Waals surface area contributed by atoms with Crippen molar-refractivity contribution in [2.24, 2.45) is 5.92 Å². The average Bonchev–Trinajstić information content (AvgIpc) is 2.48. The van der Waals surface area contributed by atoms with E-state index in [2.05, 4.69) is 40.3 Å². The second-order valence-electron chi connectivity index (χ2n) is 6.04. The molecule has 0 aliphatic heterocycles. The first-order valence-electron chi connectivity index (χ1n) is 7.90. The second-order valence-corrected chi connectivity index (χ2v) is 6.96. The predicted octanol–water partition coefficient (Wildman–Crippen LogP) is 3.49. The maximum Gasteiger partial charge on any atom is 0.0897 e. The molecule has 4 heteroatoms.